The van der Waals surface area contributed by atoms with Gasteiger partial charge in [0, 0.05) is 17.2 Å². The number of furan rings is 1. The number of carbonyl (C=O) groups is 2. The van der Waals surface area contributed by atoms with Crippen LogP contribution in [-0.4, -0.2) is 17.0 Å². The molecule has 2 amide bonds. The van der Waals surface area contributed by atoms with Gasteiger partial charge in [-0.15, -0.1) is 0 Å². The van der Waals surface area contributed by atoms with Crippen LogP contribution in [0.25, 0.3) is 22.6 Å². The summed E-state index contributed by atoms with van der Waals surface area (Å²) in [6.45, 7) is 0. The molecule has 8 heteroatoms. The van der Waals surface area contributed by atoms with Crippen LogP contribution in [0.5, 0.6) is 0 Å². The summed E-state index contributed by atoms with van der Waals surface area (Å²) in [6.07, 6.45) is 0. The SMILES string of the molecule is O=C(NNC(=O)c1ccc(-c2ccc(F)cc2)o1)c1cc(-c2ccccc2)on1. The van der Waals surface area contributed by atoms with E-state index in [1.807, 2.05) is 30.3 Å². The Balaban J connectivity index is 1.38. The van der Waals surface area contributed by atoms with Gasteiger partial charge in [-0.05, 0) is 36.4 Å². The minimum Gasteiger partial charge on any atom is -0.451 e. The molecular formula is C21H14FN3O4. The first kappa shape index (κ1) is 18.2. The van der Waals surface area contributed by atoms with Gasteiger partial charge in [0.05, 0.1) is 0 Å². The Labute approximate surface area is 164 Å². The van der Waals surface area contributed by atoms with Crippen molar-refractivity contribution in [3.05, 3.63) is 90.1 Å². The van der Waals surface area contributed by atoms with E-state index in [0.29, 0.717) is 17.1 Å². The summed E-state index contributed by atoms with van der Waals surface area (Å²) in [5, 5.41) is 3.70. The van der Waals surface area contributed by atoms with Crippen LogP contribution in [0, 0.1) is 5.82 Å². The zero-order valence-corrected chi connectivity index (χ0v) is 14.9. The summed E-state index contributed by atoms with van der Waals surface area (Å²) >= 11 is 0. The molecule has 2 N–H and O–H groups in total. The number of rotatable bonds is 4. The summed E-state index contributed by atoms with van der Waals surface area (Å²) in [5.74, 6) is -0.866. The molecule has 0 fully saturated rings. The minimum atomic E-state index is -0.654. The van der Waals surface area contributed by atoms with Crippen LogP contribution in [-0.2, 0) is 0 Å². The molecule has 0 radical (unpaired) electrons. The minimum absolute atomic E-state index is 0.00981. The maximum Gasteiger partial charge on any atom is 0.305 e. The fourth-order valence-corrected chi connectivity index (χ4v) is 2.59. The Morgan fingerprint density at radius 2 is 1.48 bits per heavy atom. The molecule has 4 aromatic rings. The van der Waals surface area contributed by atoms with Gasteiger partial charge in [-0.25, -0.2) is 4.39 Å². The van der Waals surface area contributed by atoms with Gasteiger partial charge in [0.15, 0.2) is 17.2 Å². The molecule has 0 aliphatic carbocycles. The first-order valence-electron chi connectivity index (χ1n) is 8.59. The van der Waals surface area contributed by atoms with Crippen LogP contribution in [0.15, 0.2) is 81.7 Å². The molecule has 2 aromatic carbocycles. The highest BCUT2D eigenvalue weighted by Crippen LogP contribution is 2.22. The predicted octanol–water partition coefficient (Wildman–Crippen LogP) is 3.82. The number of aromatic nitrogens is 1. The van der Waals surface area contributed by atoms with Gasteiger partial charge < -0.3 is 8.94 Å². The second kappa shape index (κ2) is 7.81. The number of hydrazine groups is 1. The fraction of sp³-hybridized carbons (Fsp3) is 0. The standard InChI is InChI=1S/C21H14FN3O4/c22-15-8-6-14(7-9-15)17-10-11-18(28-17)21(27)24-23-20(26)16-12-19(29-25-16)13-4-2-1-3-5-13/h1-12H,(H,23,26)(H,24,27). The van der Waals surface area contributed by atoms with Gasteiger partial charge in [-0.2, -0.15) is 0 Å². The molecule has 0 saturated heterocycles. The van der Waals surface area contributed by atoms with E-state index in [9.17, 15) is 14.0 Å². The van der Waals surface area contributed by atoms with Crippen molar-refractivity contribution in [3.63, 3.8) is 0 Å². The van der Waals surface area contributed by atoms with Crippen molar-refractivity contribution in [1.82, 2.24) is 16.0 Å². The summed E-state index contributed by atoms with van der Waals surface area (Å²) < 4.78 is 23.6. The number of carbonyl (C=O) groups excluding carboxylic acids is 2. The summed E-state index contributed by atoms with van der Waals surface area (Å²) in [5.41, 5.74) is 5.89. The van der Waals surface area contributed by atoms with E-state index in [-0.39, 0.29) is 17.3 Å². The molecule has 0 saturated carbocycles. The average Bonchev–Trinajstić information content (AvgIpc) is 3.43. The predicted molar refractivity (Wildman–Crippen MR) is 101 cm³/mol. The molecule has 29 heavy (non-hydrogen) atoms. The van der Waals surface area contributed by atoms with Crippen LogP contribution in [0.1, 0.15) is 21.0 Å². The Morgan fingerprint density at radius 3 is 2.24 bits per heavy atom. The molecule has 7 nitrogen and oxygen atoms in total. The molecule has 0 unspecified atom stereocenters. The Morgan fingerprint density at radius 1 is 0.793 bits per heavy atom. The lowest BCUT2D eigenvalue weighted by molar-refractivity contribution is 0.0827. The van der Waals surface area contributed by atoms with E-state index in [2.05, 4.69) is 16.0 Å². The number of hydrogen-bond acceptors (Lipinski definition) is 5. The smallest absolute Gasteiger partial charge is 0.305 e. The van der Waals surface area contributed by atoms with E-state index in [4.69, 9.17) is 8.94 Å². The summed E-state index contributed by atoms with van der Waals surface area (Å²) in [6, 6.07) is 19.3. The summed E-state index contributed by atoms with van der Waals surface area (Å²) in [4.78, 5) is 24.4. The molecular weight excluding hydrogens is 377 g/mol. The van der Waals surface area contributed by atoms with Crippen molar-refractivity contribution in [1.29, 1.82) is 0 Å². The number of halogens is 1. The van der Waals surface area contributed by atoms with Crippen LogP contribution in [0.4, 0.5) is 4.39 Å². The van der Waals surface area contributed by atoms with Gasteiger partial charge in [0.25, 0.3) is 5.91 Å². The van der Waals surface area contributed by atoms with Crippen molar-refractivity contribution >= 4 is 11.8 Å². The van der Waals surface area contributed by atoms with Gasteiger partial charge in [-0.1, -0.05) is 35.5 Å². The second-order valence-corrected chi connectivity index (χ2v) is 6.02. The maximum absolute atomic E-state index is 13.0. The van der Waals surface area contributed by atoms with Gasteiger partial charge in [-0.3, -0.25) is 20.4 Å². The molecule has 2 aromatic heterocycles. The third kappa shape index (κ3) is 4.06. The molecule has 0 bridgehead atoms. The molecule has 4 rings (SSSR count). The van der Waals surface area contributed by atoms with Crippen molar-refractivity contribution in [3.8, 4) is 22.6 Å². The number of hydrogen-bond donors (Lipinski definition) is 2. The molecule has 0 aliphatic heterocycles. The average molecular weight is 391 g/mol. The van der Waals surface area contributed by atoms with E-state index >= 15 is 0 Å². The molecule has 2 heterocycles. The number of benzene rings is 2. The number of nitrogens with one attached hydrogen (secondary N) is 2. The highest BCUT2D eigenvalue weighted by Gasteiger charge is 2.17. The van der Waals surface area contributed by atoms with E-state index in [1.54, 1.807) is 6.07 Å². The topological polar surface area (TPSA) is 97.4 Å². The largest absolute Gasteiger partial charge is 0.451 e. The van der Waals surface area contributed by atoms with Gasteiger partial charge in [0.2, 0.25) is 0 Å². The number of amides is 2. The zero-order valence-electron chi connectivity index (χ0n) is 14.9. The monoisotopic (exact) mass is 391 g/mol. The quantitative estimate of drug-likeness (QED) is 0.516. The second-order valence-electron chi connectivity index (χ2n) is 6.02. The summed E-state index contributed by atoms with van der Waals surface area (Å²) in [7, 11) is 0. The van der Waals surface area contributed by atoms with Crippen LogP contribution in [0.3, 0.4) is 0 Å². The van der Waals surface area contributed by atoms with E-state index < -0.39 is 11.8 Å². The third-order valence-corrected chi connectivity index (χ3v) is 4.05. The fourth-order valence-electron chi connectivity index (χ4n) is 2.59. The molecule has 0 atom stereocenters. The Bertz CT molecular complexity index is 1150. The van der Waals surface area contributed by atoms with Gasteiger partial charge in [0.1, 0.15) is 11.6 Å². The van der Waals surface area contributed by atoms with Crippen LogP contribution >= 0.6 is 0 Å². The van der Waals surface area contributed by atoms with Crippen molar-refractivity contribution in [2.24, 2.45) is 0 Å². The normalized spacial score (nSPS) is 10.5. The van der Waals surface area contributed by atoms with Crippen molar-refractivity contribution in [2.75, 3.05) is 0 Å². The lowest BCUT2D eigenvalue weighted by atomic mass is 10.1. The lowest BCUT2D eigenvalue weighted by Crippen LogP contribution is -2.41. The Kier molecular flexibility index (Phi) is 4.90. The first-order chi connectivity index (χ1) is 14.1. The molecule has 144 valence electrons. The highest BCUT2D eigenvalue weighted by molar-refractivity contribution is 5.97. The van der Waals surface area contributed by atoms with Crippen LogP contribution in [0.2, 0.25) is 0 Å². The number of nitrogens with zero attached hydrogens (tertiary/aromatic N) is 1. The van der Waals surface area contributed by atoms with Crippen LogP contribution < -0.4 is 10.9 Å². The first-order valence-corrected chi connectivity index (χ1v) is 8.59. The van der Waals surface area contributed by atoms with Crippen molar-refractivity contribution < 1.29 is 22.9 Å². The molecule has 0 aliphatic rings. The van der Waals surface area contributed by atoms with Gasteiger partial charge >= 0.3 is 5.91 Å². The lowest BCUT2D eigenvalue weighted by Gasteiger charge is -2.03. The van der Waals surface area contributed by atoms with Crippen molar-refractivity contribution in [2.45, 2.75) is 0 Å². The third-order valence-electron chi connectivity index (χ3n) is 4.05. The highest BCUT2D eigenvalue weighted by atomic mass is 19.1. The zero-order chi connectivity index (χ0) is 20.2. The maximum atomic E-state index is 13.0. The molecule has 0 spiro atoms. The van der Waals surface area contributed by atoms with E-state index in [1.165, 1.54) is 36.4 Å². The van der Waals surface area contributed by atoms with E-state index in [0.717, 1.165) is 5.56 Å². The Hall–Kier alpha value is -4.20.